The number of aryl methyl sites for hydroxylation is 1. The number of amides is 1. The molecule has 2 aromatic carbocycles. The molecule has 1 N–H and O–H groups in total. The van der Waals surface area contributed by atoms with Gasteiger partial charge in [-0.3, -0.25) is 4.79 Å². The number of benzene rings is 2. The summed E-state index contributed by atoms with van der Waals surface area (Å²) in [5.41, 5.74) is 5.38. The highest BCUT2D eigenvalue weighted by atomic mass is 79.9. The predicted octanol–water partition coefficient (Wildman–Crippen LogP) is 4.69. The second-order valence-corrected chi connectivity index (χ2v) is 6.92. The predicted molar refractivity (Wildman–Crippen MR) is 104 cm³/mol. The second kappa shape index (κ2) is 8.99. The van der Waals surface area contributed by atoms with Gasteiger partial charge in [0.15, 0.2) is 6.61 Å². The largest absolute Gasteiger partial charge is 0.483 e. The normalized spacial score (nSPS) is 11.2. The van der Waals surface area contributed by atoms with Gasteiger partial charge < -0.3 is 4.74 Å². The number of ether oxygens (including phenoxy) is 1. The lowest BCUT2D eigenvalue weighted by atomic mass is 10.1. The molecule has 0 aromatic heterocycles. The maximum absolute atomic E-state index is 11.9. The first-order valence-corrected chi connectivity index (χ1v) is 9.08. The van der Waals surface area contributed by atoms with E-state index in [-0.39, 0.29) is 12.5 Å². The third-order valence-electron chi connectivity index (χ3n) is 3.37. The molecule has 0 fully saturated rings. The van der Waals surface area contributed by atoms with E-state index in [1.165, 1.54) is 5.56 Å². The van der Waals surface area contributed by atoms with Gasteiger partial charge in [0.25, 0.3) is 5.91 Å². The molecule has 126 valence electrons. The van der Waals surface area contributed by atoms with E-state index in [9.17, 15) is 4.79 Å². The number of nitrogens with one attached hydrogen (secondary N) is 1. The van der Waals surface area contributed by atoms with Gasteiger partial charge in [-0.1, -0.05) is 41.1 Å². The van der Waals surface area contributed by atoms with Gasteiger partial charge in [-0.15, -0.1) is 0 Å². The molecule has 24 heavy (non-hydrogen) atoms. The number of hydrazone groups is 1. The topological polar surface area (TPSA) is 50.7 Å². The molecule has 6 heteroatoms. The van der Waals surface area contributed by atoms with Crippen LogP contribution in [0.15, 0.2) is 56.5 Å². The minimum Gasteiger partial charge on any atom is -0.483 e. The van der Waals surface area contributed by atoms with Crippen molar-refractivity contribution in [1.82, 2.24) is 5.43 Å². The van der Waals surface area contributed by atoms with Crippen LogP contribution in [0.4, 0.5) is 0 Å². The second-order valence-electron chi connectivity index (χ2n) is 5.15. The van der Waals surface area contributed by atoms with Gasteiger partial charge in [0.05, 0.1) is 10.2 Å². The van der Waals surface area contributed by atoms with Crippen molar-refractivity contribution in [2.24, 2.45) is 5.10 Å². The monoisotopic (exact) mass is 452 g/mol. The number of hydrogen-bond acceptors (Lipinski definition) is 3. The Morgan fingerprint density at radius 1 is 1.17 bits per heavy atom. The van der Waals surface area contributed by atoms with E-state index in [2.05, 4.69) is 49.3 Å². The molecular formula is C18H18Br2N2O2. The number of carbonyl (C=O) groups excluding carboxylic acids is 1. The zero-order chi connectivity index (χ0) is 17.5. The Morgan fingerprint density at radius 3 is 2.50 bits per heavy atom. The highest BCUT2D eigenvalue weighted by Crippen LogP contribution is 2.26. The lowest BCUT2D eigenvalue weighted by Crippen LogP contribution is -2.25. The molecule has 4 nitrogen and oxygen atoms in total. The Balaban J connectivity index is 1.89. The van der Waals surface area contributed by atoms with Gasteiger partial charge in [-0.05, 0) is 64.7 Å². The summed E-state index contributed by atoms with van der Waals surface area (Å²) in [5, 5.41) is 4.10. The summed E-state index contributed by atoms with van der Waals surface area (Å²) in [6.45, 7) is 3.83. The summed E-state index contributed by atoms with van der Waals surface area (Å²) in [5.74, 6) is 0.328. The first-order chi connectivity index (χ1) is 11.5. The van der Waals surface area contributed by atoms with E-state index in [0.29, 0.717) is 5.75 Å². The number of halogens is 2. The lowest BCUT2D eigenvalue weighted by Gasteiger charge is -2.09. The highest BCUT2D eigenvalue weighted by Gasteiger charge is 2.06. The Kier molecular flexibility index (Phi) is 6.99. The third kappa shape index (κ3) is 5.46. The fourth-order valence-electron chi connectivity index (χ4n) is 1.96. The minimum absolute atomic E-state index is 0.0960. The van der Waals surface area contributed by atoms with Crippen molar-refractivity contribution in [3.8, 4) is 5.75 Å². The quantitative estimate of drug-likeness (QED) is 0.509. The lowest BCUT2D eigenvalue weighted by molar-refractivity contribution is -0.123. The molecule has 0 saturated carbocycles. The number of nitrogens with zero attached hydrogens (tertiary/aromatic N) is 1. The molecule has 2 rings (SSSR count). The molecule has 0 unspecified atom stereocenters. The van der Waals surface area contributed by atoms with Crippen LogP contribution in [0.1, 0.15) is 25.0 Å². The molecule has 0 heterocycles. The molecule has 0 radical (unpaired) electrons. The van der Waals surface area contributed by atoms with E-state index in [4.69, 9.17) is 4.74 Å². The van der Waals surface area contributed by atoms with Crippen molar-refractivity contribution in [2.75, 3.05) is 6.61 Å². The summed E-state index contributed by atoms with van der Waals surface area (Å²) >= 11 is 6.83. The standard InChI is InChI=1S/C18H18Br2N2O2/c1-3-13-4-9-17(16(20)10-13)24-11-18(23)22-21-12(2)14-5-7-15(19)8-6-14/h4-10H,3,11H2,1-2H3,(H,22,23). The van der Waals surface area contributed by atoms with Gasteiger partial charge in [-0.2, -0.15) is 5.10 Å². The molecule has 2 aromatic rings. The van der Waals surface area contributed by atoms with Crippen molar-refractivity contribution in [1.29, 1.82) is 0 Å². The van der Waals surface area contributed by atoms with Crippen LogP contribution in [0.3, 0.4) is 0 Å². The van der Waals surface area contributed by atoms with Crippen LogP contribution in [0.2, 0.25) is 0 Å². The van der Waals surface area contributed by atoms with Crippen molar-refractivity contribution >= 4 is 43.5 Å². The third-order valence-corrected chi connectivity index (χ3v) is 4.52. The summed E-state index contributed by atoms with van der Waals surface area (Å²) in [4.78, 5) is 11.9. The van der Waals surface area contributed by atoms with Gasteiger partial charge in [0.2, 0.25) is 0 Å². The average Bonchev–Trinajstić information content (AvgIpc) is 2.59. The van der Waals surface area contributed by atoms with Gasteiger partial charge in [-0.25, -0.2) is 5.43 Å². The molecule has 1 amide bonds. The fraction of sp³-hybridized carbons (Fsp3) is 0.222. The Labute approximate surface area is 158 Å². The number of rotatable bonds is 6. The Morgan fingerprint density at radius 2 is 1.88 bits per heavy atom. The van der Waals surface area contributed by atoms with E-state index in [1.54, 1.807) is 0 Å². The van der Waals surface area contributed by atoms with Crippen LogP contribution < -0.4 is 10.2 Å². The molecule has 0 aliphatic heterocycles. The van der Waals surface area contributed by atoms with Crippen molar-refractivity contribution in [3.63, 3.8) is 0 Å². The highest BCUT2D eigenvalue weighted by molar-refractivity contribution is 9.10. The minimum atomic E-state index is -0.307. The SMILES string of the molecule is CCc1ccc(OCC(=O)NN=C(C)c2ccc(Br)cc2)c(Br)c1. The average molecular weight is 454 g/mol. The van der Waals surface area contributed by atoms with Crippen molar-refractivity contribution < 1.29 is 9.53 Å². The first-order valence-electron chi connectivity index (χ1n) is 7.50. The number of carbonyl (C=O) groups is 1. The van der Waals surface area contributed by atoms with Crippen molar-refractivity contribution in [2.45, 2.75) is 20.3 Å². The van der Waals surface area contributed by atoms with E-state index < -0.39 is 0 Å². The maximum Gasteiger partial charge on any atom is 0.277 e. The van der Waals surface area contributed by atoms with Crippen LogP contribution >= 0.6 is 31.9 Å². The Bertz CT molecular complexity index is 743. The smallest absolute Gasteiger partial charge is 0.277 e. The van der Waals surface area contributed by atoms with Crippen LogP contribution in [-0.4, -0.2) is 18.2 Å². The van der Waals surface area contributed by atoms with Gasteiger partial charge in [0.1, 0.15) is 5.75 Å². The zero-order valence-corrected chi connectivity index (χ0v) is 16.6. The molecule has 0 aliphatic carbocycles. The molecule has 0 atom stereocenters. The van der Waals surface area contributed by atoms with Crippen molar-refractivity contribution in [3.05, 3.63) is 62.5 Å². The van der Waals surface area contributed by atoms with E-state index in [1.807, 2.05) is 49.4 Å². The maximum atomic E-state index is 11.9. The molecule has 0 bridgehead atoms. The molecular weight excluding hydrogens is 436 g/mol. The van der Waals surface area contributed by atoms with Gasteiger partial charge >= 0.3 is 0 Å². The summed E-state index contributed by atoms with van der Waals surface area (Å²) in [7, 11) is 0. The van der Waals surface area contributed by atoms with Crippen LogP contribution in [0.5, 0.6) is 5.75 Å². The number of hydrogen-bond donors (Lipinski definition) is 1. The fourth-order valence-corrected chi connectivity index (χ4v) is 2.76. The summed E-state index contributed by atoms with van der Waals surface area (Å²) in [6.07, 6.45) is 0.948. The van der Waals surface area contributed by atoms with Crippen LogP contribution in [-0.2, 0) is 11.2 Å². The molecule has 0 spiro atoms. The van der Waals surface area contributed by atoms with E-state index in [0.717, 1.165) is 26.6 Å². The molecule has 0 aliphatic rings. The van der Waals surface area contributed by atoms with E-state index >= 15 is 0 Å². The van der Waals surface area contributed by atoms with Crippen LogP contribution in [0, 0.1) is 0 Å². The summed E-state index contributed by atoms with van der Waals surface area (Å²) in [6, 6.07) is 13.5. The zero-order valence-electron chi connectivity index (χ0n) is 13.5. The Hall–Kier alpha value is -1.66. The van der Waals surface area contributed by atoms with Crippen LogP contribution in [0.25, 0.3) is 0 Å². The molecule has 0 saturated heterocycles. The summed E-state index contributed by atoms with van der Waals surface area (Å²) < 4.78 is 7.35. The first kappa shape index (κ1) is 18.7. The van der Waals surface area contributed by atoms with Gasteiger partial charge in [0, 0.05) is 4.47 Å².